The van der Waals surface area contributed by atoms with Crippen LogP contribution in [-0.4, -0.2) is 65.9 Å². The number of amides is 2. The van der Waals surface area contributed by atoms with Gasteiger partial charge in [0.25, 0.3) is 0 Å². The lowest BCUT2D eigenvalue weighted by atomic mass is 9.78. The molecule has 0 unspecified atom stereocenters. The standard InChI is InChI=1S/C21H29ClN4O4/c1-30-20(29)24-14-11-17(22)18(23-12-14)25-9-2-7-21(13-25)8-10-26(19(21)28)15-3-5-16(27)6-4-15/h11-12,15-16,27H,2-10,13H2,1H3,(H,24,29)/t15?,16?,21-/m1/s1. The molecule has 3 heterocycles. The van der Waals surface area contributed by atoms with E-state index in [1.165, 1.54) is 7.11 Å². The number of methoxy groups -OCH3 is 1. The average Bonchev–Trinajstić information content (AvgIpc) is 3.04. The van der Waals surface area contributed by atoms with E-state index >= 15 is 0 Å². The highest BCUT2D eigenvalue weighted by Crippen LogP contribution is 2.44. The predicted octanol–water partition coefficient (Wildman–Crippen LogP) is 3.04. The van der Waals surface area contributed by atoms with Gasteiger partial charge in [0.05, 0.1) is 35.5 Å². The number of aromatic nitrogens is 1. The summed E-state index contributed by atoms with van der Waals surface area (Å²) >= 11 is 6.47. The summed E-state index contributed by atoms with van der Waals surface area (Å²) in [5, 5.41) is 12.8. The maximum Gasteiger partial charge on any atom is 0.411 e. The number of anilines is 2. The third-order valence-electron chi connectivity index (χ3n) is 6.78. The van der Waals surface area contributed by atoms with Gasteiger partial charge in [0.15, 0.2) is 0 Å². The Labute approximate surface area is 181 Å². The molecule has 1 saturated carbocycles. The number of hydrogen-bond donors (Lipinski definition) is 2. The fourth-order valence-electron chi connectivity index (χ4n) is 5.16. The van der Waals surface area contributed by atoms with Gasteiger partial charge < -0.3 is 19.6 Å². The van der Waals surface area contributed by atoms with Crippen molar-refractivity contribution in [2.75, 3.05) is 37.0 Å². The Morgan fingerprint density at radius 3 is 2.77 bits per heavy atom. The fourth-order valence-corrected chi connectivity index (χ4v) is 5.44. The molecular formula is C21H29ClN4O4. The van der Waals surface area contributed by atoms with Crippen molar-refractivity contribution in [3.8, 4) is 0 Å². The molecule has 8 nitrogen and oxygen atoms in total. The van der Waals surface area contributed by atoms with Gasteiger partial charge in [-0.1, -0.05) is 11.6 Å². The first-order chi connectivity index (χ1) is 14.4. The van der Waals surface area contributed by atoms with Crippen molar-refractivity contribution in [2.24, 2.45) is 5.41 Å². The largest absolute Gasteiger partial charge is 0.453 e. The summed E-state index contributed by atoms with van der Waals surface area (Å²) in [4.78, 5) is 33.5. The van der Waals surface area contributed by atoms with Gasteiger partial charge in [0, 0.05) is 25.7 Å². The summed E-state index contributed by atoms with van der Waals surface area (Å²) in [5.74, 6) is 0.881. The Morgan fingerprint density at radius 1 is 1.30 bits per heavy atom. The van der Waals surface area contributed by atoms with Gasteiger partial charge in [0.1, 0.15) is 5.82 Å². The zero-order valence-electron chi connectivity index (χ0n) is 17.3. The summed E-state index contributed by atoms with van der Waals surface area (Å²) in [6, 6.07) is 1.90. The molecule has 30 heavy (non-hydrogen) atoms. The van der Waals surface area contributed by atoms with E-state index in [0.717, 1.165) is 58.0 Å². The number of aliphatic hydroxyl groups excluding tert-OH is 1. The van der Waals surface area contributed by atoms with Crippen LogP contribution in [-0.2, 0) is 9.53 Å². The smallest absolute Gasteiger partial charge is 0.411 e. The lowest BCUT2D eigenvalue weighted by Gasteiger charge is -2.41. The molecule has 2 aliphatic heterocycles. The topological polar surface area (TPSA) is 95.0 Å². The number of rotatable bonds is 3. The van der Waals surface area contributed by atoms with Crippen molar-refractivity contribution < 1.29 is 19.4 Å². The minimum Gasteiger partial charge on any atom is -0.453 e. The molecule has 1 aromatic rings. The summed E-state index contributed by atoms with van der Waals surface area (Å²) in [7, 11) is 1.29. The molecule has 3 aliphatic rings. The number of hydrogen-bond acceptors (Lipinski definition) is 6. The fraction of sp³-hybridized carbons (Fsp3) is 0.667. The summed E-state index contributed by atoms with van der Waals surface area (Å²) < 4.78 is 4.59. The van der Waals surface area contributed by atoms with Gasteiger partial charge in [-0.15, -0.1) is 0 Å². The van der Waals surface area contributed by atoms with Crippen LogP contribution in [0.15, 0.2) is 12.3 Å². The SMILES string of the molecule is COC(=O)Nc1cnc(N2CCC[C@@]3(CCN(C4CCC(O)CC4)C3=O)C2)c(Cl)c1. The van der Waals surface area contributed by atoms with Crippen LogP contribution in [0.3, 0.4) is 0 Å². The van der Waals surface area contributed by atoms with Gasteiger partial charge in [-0.05, 0) is 51.0 Å². The average molecular weight is 437 g/mol. The molecule has 1 aromatic heterocycles. The van der Waals surface area contributed by atoms with Crippen LogP contribution >= 0.6 is 11.6 Å². The lowest BCUT2D eigenvalue weighted by Crippen LogP contribution is -2.50. The summed E-state index contributed by atoms with van der Waals surface area (Å²) in [6.07, 6.45) is 6.71. The second-order valence-electron chi connectivity index (χ2n) is 8.66. The molecule has 0 bridgehead atoms. The van der Waals surface area contributed by atoms with Gasteiger partial charge in [-0.25, -0.2) is 9.78 Å². The number of nitrogens with zero attached hydrogens (tertiary/aromatic N) is 3. The predicted molar refractivity (Wildman–Crippen MR) is 114 cm³/mol. The van der Waals surface area contributed by atoms with Crippen LogP contribution in [0.5, 0.6) is 0 Å². The van der Waals surface area contributed by atoms with E-state index in [1.54, 1.807) is 12.3 Å². The monoisotopic (exact) mass is 436 g/mol. The van der Waals surface area contributed by atoms with E-state index in [9.17, 15) is 14.7 Å². The molecule has 2 amide bonds. The van der Waals surface area contributed by atoms with Gasteiger partial charge in [0.2, 0.25) is 5.91 Å². The number of ether oxygens (including phenoxy) is 1. The molecular weight excluding hydrogens is 408 g/mol. The van der Waals surface area contributed by atoms with E-state index in [0.29, 0.717) is 23.1 Å². The molecule has 0 radical (unpaired) electrons. The van der Waals surface area contributed by atoms with Crippen LogP contribution in [0.1, 0.15) is 44.9 Å². The van der Waals surface area contributed by atoms with Crippen LogP contribution < -0.4 is 10.2 Å². The molecule has 4 rings (SSSR count). The van der Waals surface area contributed by atoms with Crippen LogP contribution in [0.25, 0.3) is 0 Å². The summed E-state index contributed by atoms with van der Waals surface area (Å²) in [5.41, 5.74) is 0.0762. The van der Waals surface area contributed by atoms with Crippen LogP contribution in [0.2, 0.25) is 5.02 Å². The molecule has 2 N–H and O–H groups in total. The van der Waals surface area contributed by atoms with Crippen LogP contribution in [0, 0.1) is 5.41 Å². The number of aliphatic hydroxyl groups is 1. The Kier molecular flexibility index (Phi) is 6.06. The molecule has 1 atom stereocenters. The summed E-state index contributed by atoms with van der Waals surface area (Å²) in [6.45, 7) is 2.19. The minimum absolute atomic E-state index is 0.219. The van der Waals surface area contributed by atoms with Crippen molar-refractivity contribution in [1.29, 1.82) is 0 Å². The normalized spacial score (nSPS) is 29.4. The Morgan fingerprint density at radius 2 is 2.07 bits per heavy atom. The highest BCUT2D eigenvalue weighted by atomic mass is 35.5. The van der Waals surface area contributed by atoms with Crippen molar-refractivity contribution >= 4 is 35.1 Å². The quantitative estimate of drug-likeness (QED) is 0.756. The maximum atomic E-state index is 13.5. The number of carbonyl (C=O) groups excluding carboxylic acids is 2. The third kappa shape index (κ3) is 4.07. The first-order valence-corrected chi connectivity index (χ1v) is 11.0. The number of pyridine rings is 1. The maximum absolute atomic E-state index is 13.5. The number of likely N-dealkylation sites (tertiary alicyclic amines) is 1. The molecule has 2 saturated heterocycles. The van der Waals surface area contributed by atoms with Crippen LogP contribution in [0.4, 0.5) is 16.3 Å². The number of nitrogens with one attached hydrogen (secondary N) is 1. The number of halogens is 1. The lowest BCUT2D eigenvalue weighted by molar-refractivity contribution is -0.139. The van der Waals surface area contributed by atoms with E-state index in [2.05, 4.69) is 24.8 Å². The van der Waals surface area contributed by atoms with Gasteiger partial charge in [-0.3, -0.25) is 10.1 Å². The molecule has 164 valence electrons. The zero-order valence-corrected chi connectivity index (χ0v) is 18.0. The van der Waals surface area contributed by atoms with Gasteiger partial charge in [-0.2, -0.15) is 0 Å². The first kappa shape index (κ1) is 21.2. The first-order valence-electron chi connectivity index (χ1n) is 10.7. The number of piperidine rings is 1. The van der Waals surface area contributed by atoms with Crippen molar-refractivity contribution in [3.63, 3.8) is 0 Å². The Balaban J connectivity index is 1.47. The van der Waals surface area contributed by atoms with Crippen molar-refractivity contribution in [1.82, 2.24) is 9.88 Å². The highest BCUT2D eigenvalue weighted by molar-refractivity contribution is 6.33. The molecule has 0 aromatic carbocycles. The Bertz CT molecular complexity index is 814. The van der Waals surface area contributed by atoms with E-state index < -0.39 is 6.09 Å². The second-order valence-corrected chi connectivity index (χ2v) is 9.07. The second kappa shape index (κ2) is 8.59. The minimum atomic E-state index is -0.579. The molecule has 1 aliphatic carbocycles. The number of carbonyl (C=O) groups is 2. The van der Waals surface area contributed by atoms with E-state index in [4.69, 9.17) is 11.6 Å². The zero-order chi connectivity index (χ0) is 21.3. The third-order valence-corrected chi connectivity index (χ3v) is 7.06. The van der Waals surface area contributed by atoms with Crippen molar-refractivity contribution in [3.05, 3.63) is 17.3 Å². The Hall–Kier alpha value is -2.06. The van der Waals surface area contributed by atoms with E-state index in [-0.39, 0.29) is 23.5 Å². The van der Waals surface area contributed by atoms with E-state index in [1.807, 2.05) is 0 Å². The molecule has 3 fully saturated rings. The van der Waals surface area contributed by atoms with Crippen molar-refractivity contribution in [2.45, 2.75) is 57.1 Å². The molecule has 1 spiro atoms. The highest BCUT2D eigenvalue weighted by Gasteiger charge is 2.51. The molecule has 9 heteroatoms. The van der Waals surface area contributed by atoms with Gasteiger partial charge >= 0.3 is 6.09 Å².